The molecule has 1 heterocycles. The van der Waals surface area contributed by atoms with Gasteiger partial charge in [-0.15, -0.1) is 0 Å². The lowest BCUT2D eigenvalue weighted by Gasteiger charge is -2.26. The summed E-state index contributed by atoms with van der Waals surface area (Å²) in [5.74, 6) is -0.0111. The van der Waals surface area contributed by atoms with Crippen LogP contribution in [-0.2, 0) is 17.8 Å². The lowest BCUT2D eigenvalue weighted by atomic mass is 10.1. The predicted octanol–water partition coefficient (Wildman–Crippen LogP) is 3.63. The molecule has 1 atom stereocenters. The summed E-state index contributed by atoms with van der Waals surface area (Å²) >= 11 is 0. The van der Waals surface area contributed by atoms with E-state index in [1.54, 1.807) is 4.90 Å². The van der Waals surface area contributed by atoms with E-state index in [0.29, 0.717) is 13.0 Å². The van der Waals surface area contributed by atoms with E-state index in [1.165, 1.54) is 0 Å². The smallest absolute Gasteiger partial charge is 0.228 e. The summed E-state index contributed by atoms with van der Waals surface area (Å²) in [6.45, 7) is 2.73. The molecule has 2 aromatic carbocycles. The summed E-state index contributed by atoms with van der Waals surface area (Å²) in [7, 11) is 0. The first-order valence-electron chi connectivity index (χ1n) is 8.80. The van der Waals surface area contributed by atoms with E-state index >= 15 is 0 Å². The number of rotatable bonds is 7. The van der Waals surface area contributed by atoms with Crippen LogP contribution in [0.3, 0.4) is 0 Å². The maximum Gasteiger partial charge on any atom is 0.228 e. The summed E-state index contributed by atoms with van der Waals surface area (Å²) in [6, 6.07) is 21.4. The number of hydrogen-bond acceptors (Lipinski definition) is 2. The first-order chi connectivity index (χ1) is 12.6. The van der Waals surface area contributed by atoms with Crippen LogP contribution < -0.4 is 0 Å². The van der Waals surface area contributed by atoms with Crippen LogP contribution in [0.25, 0.3) is 0 Å². The second kappa shape index (κ2) is 8.50. The van der Waals surface area contributed by atoms with Gasteiger partial charge in [-0.25, -0.2) is 0 Å². The highest BCUT2D eigenvalue weighted by molar-refractivity contribution is 5.78. The van der Waals surface area contributed by atoms with Gasteiger partial charge in [-0.2, -0.15) is 0 Å². The van der Waals surface area contributed by atoms with E-state index in [4.69, 9.17) is 0 Å². The average molecular weight is 348 g/mol. The van der Waals surface area contributed by atoms with Crippen LogP contribution in [0.4, 0.5) is 0 Å². The maximum absolute atomic E-state index is 12.8. The average Bonchev–Trinajstić information content (AvgIpc) is 3.15. The van der Waals surface area contributed by atoms with Gasteiger partial charge in [0.05, 0.1) is 19.1 Å². The number of carbonyl (C=O) groups excluding carboxylic acids is 1. The highest BCUT2D eigenvalue weighted by Crippen LogP contribution is 2.18. The van der Waals surface area contributed by atoms with Crippen molar-refractivity contribution in [2.24, 2.45) is 0 Å². The second-order valence-electron chi connectivity index (χ2n) is 6.56. The number of hydrogen-bond donors (Lipinski definition) is 2. The standard InChI is InChI=1S/C22H24N2O2/c1-17-7-5-10-19(13-17)21(25)16-24(15-18-8-3-2-4-9-18)22(26)14-20-11-6-12-23-20/h2-13,21,23,25H,14-16H2,1H3. The molecule has 134 valence electrons. The molecule has 0 radical (unpaired) electrons. The van der Waals surface area contributed by atoms with Crippen LogP contribution in [0.2, 0.25) is 0 Å². The Bertz CT molecular complexity index is 828. The Morgan fingerprint density at radius 1 is 1.08 bits per heavy atom. The number of aliphatic hydroxyl groups is 1. The van der Waals surface area contributed by atoms with Crippen molar-refractivity contribution < 1.29 is 9.90 Å². The van der Waals surface area contributed by atoms with E-state index in [-0.39, 0.29) is 12.5 Å². The van der Waals surface area contributed by atoms with E-state index in [9.17, 15) is 9.90 Å². The van der Waals surface area contributed by atoms with E-state index < -0.39 is 6.10 Å². The minimum Gasteiger partial charge on any atom is -0.387 e. The molecule has 0 aliphatic rings. The van der Waals surface area contributed by atoms with Gasteiger partial charge in [0.15, 0.2) is 0 Å². The number of aromatic nitrogens is 1. The maximum atomic E-state index is 12.8. The van der Waals surface area contributed by atoms with Crippen LogP contribution in [0.5, 0.6) is 0 Å². The molecular weight excluding hydrogens is 324 g/mol. The fourth-order valence-electron chi connectivity index (χ4n) is 3.00. The zero-order valence-corrected chi connectivity index (χ0v) is 14.9. The number of aromatic amines is 1. The predicted molar refractivity (Wildman–Crippen MR) is 102 cm³/mol. The van der Waals surface area contributed by atoms with Gasteiger partial charge in [0.25, 0.3) is 0 Å². The van der Waals surface area contributed by atoms with Crippen molar-refractivity contribution in [3.05, 3.63) is 95.3 Å². The highest BCUT2D eigenvalue weighted by Gasteiger charge is 2.20. The summed E-state index contributed by atoms with van der Waals surface area (Å²) < 4.78 is 0. The van der Waals surface area contributed by atoms with Crippen molar-refractivity contribution in [2.75, 3.05) is 6.54 Å². The van der Waals surface area contributed by atoms with Gasteiger partial charge in [-0.05, 0) is 30.2 Å². The number of nitrogens with zero attached hydrogens (tertiary/aromatic N) is 1. The molecule has 0 spiro atoms. The van der Waals surface area contributed by atoms with Crippen molar-refractivity contribution >= 4 is 5.91 Å². The van der Waals surface area contributed by atoms with Crippen molar-refractivity contribution in [1.82, 2.24) is 9.88 Å². The molecule has 0 aliphatic heterocycles. The number of nitrogens with one attached hydrogen (secondary N) is 1. The fourth-order valence-corrected chi connectivity index (χ4v) is 3.00. The van der Waals surface area contributed by atoms with E-state index in [1.807, 2.05) is 79.9 Å². The molecule has 0 bridgehead atoms. The largest absolute Gasteiger partial charge is 0.387 e. The third kappa shape index (κ3) is 4.83. The van der Waals surface area contributed by atoms with Crippen LogP contribution in [0.15, 0.2) is 72.9 Å². The Hall–Kier alpha value is -2.85. The molecule has 3 aromatic rings. The first-order valence-corrected chi connectivity index (χ1v) is 8.80. The third-order valence-electron chi connectivity index (χ3n) is 4.39. The quantitative estimate of drug-likeness (QED) is 0.685. The lowest BCUT2D eigenvalue weighted by molar-refractivity contribution is -0.132. The summed E-state index contributed by atoms with van der Waals surface area (Å²) in [5, 5.41) is 10.7. The van der Waals surface area contributed by atoms with Gasteiger partial charge in [0.2, 0.25) is 5.91 Å². The molecular formula is C22H24N2O2. The minimum atomic E-state index is -0.716. The van der Waals surface area contributed by atoms with Crippen LogP contribution >= 0.6 is 0 Å². The van der Waals surface area contributed by atoms with Crippen LogP contribution in [0.1, 0.15) is 28.5 Å². The minimum absolute atomic E-state index is 0.0111. The monoisotopic (exact) mass is 348 g/mol. The summed E-state index contributed by atoms with van der Waals surface area (Å²) in [6.07, 6.45) is 1.39. The van der Waals surface area contributed by atoms with Crippen molar-refractivity contribution in [3.8, 4) is 0 Å². The van der Waals surface area contributed by atoms with Gasteiger partial charge in [0, 0.05) is 18.4 Å². The Balaban J connectivity index is 1.76. The molecule has 0 fully saturated rings. The molecule has 3 rings (SSSR count). The number of carbonyl (C=O) groups is 1. The van der Waals surface area contributed by atoms with Gasteiger partial charge in [0.1, 0.15) is 0 Å². The molecule has 0 saturated carbocycles. The third-order valence-corrected chi connectivity index (χ3v) is 4.39. The number of aliphatic hydroxyl groups excluding tert-OH is 1. The molecule has 0 saturated heterocycles. The lowest BCUT2D eigenvalue weighted by Crippen LogP contribution is -2.35. The summed E-state index contributed by atoms with van der Waals surface area (Å²) in [5.41, 5.74) is 3.84. The molecule has 4 nitrogen and oxygen atoms in total. The molecule has 4 heteroatoms. The number of aryl methyl sites for hydroxylation is 1. The molecule has 0 aliphatic carbocycles. The van der Waals surface area contributed by atoms with Gasteiger partial charge in [-0.3, -0.25) is 4.79 Å². The number of benzene rings is 2. The van der Waals surface area contributed by atoms with Crippen molar-refractivity contribution in [1.29, 1.82) is 0 Å². The van der Waals surface area contributed by atoms with Gasteiger partial charge >= 0.3 is 0 Å². The molecule has 1 amide bonds. The Morgan fingerprint density at radius 2 is 1.88 bits per heavy atom. The zero-order valence-electron chi connectivity index (χ0n) is 14.9. The Morgan fingerprint density at radius 3 is 2.58 bits per heavy atom. The van der Waals surface area contributed by atoms with Crippen LogP contribution in [0, 0.1) is 6.92 Å². The first kappa shape index (κ1) is 18.0. The van der Waals surface area contributed by atoms with E-state index in [0.717, 1.165) is 22.4 Å². The van der Waals surface area contributed by atoms with Gasteiger partial charge in [-0.1, -0.05) is 60.2 Å². The molecule has 1 unspecified atom stereocenters. The number of amides is 1. The molecule has 2 N–H and O–H groups in total. The Labute approximate surface area is 154 Å². The zero-order chi connectivity index (χ0) is 18.4. The Kier molecular flexibility index (Phi) is 5.87. The second-order valence-corrected chi connectivity index (χ2v) is 6.56. The normalized spacial score (nSPS) is 11.9. The fraction of sp³-hybridized carbons (Fsp3) is 0.227. The van der Waals surface area contributed by atoms with E-state index in [2.05, 4.69) is 4.98 Å². The van der Waals surface area contributed by atoms with Crippen molar-refractivity contribution in [3.63, 3.8) is 0 Å². The molecule has 26 heavy (non-hydrogen) atoms. The SMILES string of the molecule is Cc1cccc(C(O)CN(Cc2ccccc2)C(=O)Cc2ccc[nH]2)c1. The van der Waals surface area contributed by atoms with Crippen LogP contribution in [-0.4, -0.2) is 27.4 Å². The topological polar surface area (TPSA) is 56.3 Å². The molecule has 1 aromatic heterocycles. The number of H-pyrrole nitrogens is 1. The highest BCUT2D eigenvalue weighted by atomic mass is 16.3. The van der Waals surface area contributed by atoms with Crippen molar-refractivity contribution in [2.45, 2.75) is 26.0 Å². The summed E-state index contributed by atoms with van der Waals surface area (Å²) in [4.78, 5) is 17.6. The van der Waals surface area contributed by atoms with Gasteiger partial charge < -0.3 is 15.0 Å².